The van der Waals surface area contributed by atoms with Gasteiger partial charge in [-0.25, -0.2) is 4.79 Å². The molecule has 0 bridgehead atoms. The molecule has 0 saturated carbocycles. The summed E-state index contributed by atoms with van der Waals surface area (Å²) >= 11 is 1.40. The van der Waals surface area contributed by atoms with Crippen molar-refractivity contribution in [2.75, 3.05) is 14.2 Å². The van der Waals surface area contributed by atoms with Gasteiger partial charge in [0.1, 0.15) is 11.3 Å². The second-order valence-corrected chi connectivity index (χ2v) is 7.15. The molecule has 0 atom stereocenters. The standard InChI is InChI=1S/C22H21NO4S/c1-14-4-7-16(8-5-14)17-10-11-28-20(17)21(24)23-13-15-6-9-19(26-2)18(12-15)22(25)27-3/h4-12H,13H2,1-3H3,(H,23,24). The van der Waals surface area contributed by atoms with Gasteiger partial charge in [-0.2, -0.15) is 0 Å². The molecule has 0 aliphatic carbocycles. The molecule has 28 heavy (non-hydrogen) atoms. The van der Waals surface area contributed by atoms with E-state index in [0.717, 1.165) is 16.7 Å². The summed E-state index contributed by atoms with van der Waals surface area (Å²) in [6.07, 6.45) is 0. The molecule has 1 amide bonds. The van der Waals surface area contributed by atoms with Crippen LogP contribution in [0.15, 0.2) is 53.9 Å². The summed E-state index contributed by atoms with van der Waals surface area (Å²) in [5, 5.41) is 4.83. The normalized spacial score (nSPS) is 10.4. The first-order valence-electron chi connectivity index (χ1n) is 8.71. The first-order valence-corrected chi connectivity index (χ1v) is 9.59. The van der Waals surface area contributed by atoms with Gasteiger partial charge in [-0.1, -0.05) is 35.9 Å². The molecule has 0 unspecified atom stereocenters. The zero-order chi connectivity index (χ0) is 20.1. The largest absolute Gasteiger partial charge is 0.496 e. The Kier molecular flexibility index (Phi) is 6.11. The lowest BCUT2D eigenvalue weighted by atomic mass is 10.0. The number of ether oxygens (including phenoxy) is 2. The van der Waals surface area contributed by atoms with E-state index in [1.54, 1.807) is 18.2 Å². The van der Waals surface area contributed by atoms with Crippen LogP contribution in [0.1, 0.15) is 31.2 Å². The van der Waals surface area contributed by atoms with Gasteiger partial charge in [0.2, 0.25) is 0 Å². The molecule has 1 aromatic heterocycles. The van der Waals surface area contributed by atoms with Crippen LogP contribution >= 0.6 is 11.3 Å². The van der Waals surface area contributed by atoms with E-state index in [2.05, 4.69) is 5.32 Å². The molecule has 144 valence electrons. The zero-order valence-corrected chi connectivity index (χ0v) is 16.8. The second kappa shape index (κ2) is 8.71. The van der Waals surface area contributed by atoms with E-state index in [-0.39, 0.29) is 12.5 Å². The SMILES string of the molecule is COC(=O)c1cc(CNC(=O)c2sccc2-c2ccc(C)cc2)ccc1OC. The summed E-state index contributed by atoms with van der Waals surface area (Å²) in [5.41, 5.74) is 4.20. The van der Waals surface area contributed by atoms with E-state index >= 15 is 0 Å². The third kappa shape index (κ3) is 4.23. The number of benzene rings is 2. The molecule has 0 aliphatic heterocycles. The van der Waals surface area contributed by atoms with Crippen molar-refractivity contribution in [1.29, 1.82) is 0 Å². The van der Waals surface area contributed by atoms with Gasteiger partial charge in [0, 0.05) is 12.1 Å². The fourth-order valence-electron chi connectivity index (χ4n) is 2.84. The van der Waals surface area contributed by atoms with Gasteiger partial charge < -0.3 is 14.8 Å². The van der Waals surface area contributed by atoms with Crippen LogP contribution in [-0.4, -0.2) is 26.1 Å². The molecule has 3 rings (SSSR count). The van der Waals surface area contributed by atoms with Gasteiger partial charge in [0.25, 0.3) is 5.91 Å². The van der Waals surface area contributed by atoms with Crippen LogP contribution in [0.2, 0.25) is 0 Å². The lowest BCUT2D eigenvalue weighted by Crippen LogP contribution is -2.22. The molecular weight excluding hydrogens is 374 g/mol. The molecular formula is C22H21NO4S. The number of aryl methyl sites for hydroxylation is 1. The average Bonchev–Trinajstić information content (AvgIpc) is 3.21. The predicted octanol–water partition coefficient (Wildman–Crippen LogP) is 4.45. The van der Waals surface area contributed by atoms with Gasteiger partial charge in [-0.3, -0.25) is 4.79 Å². The Bertz CT molecular complexity index is 992. The van der Waals surface area contributed by atoms with Crippen molar-refractivity contribution in [1.82, 2.24) is 5.32 Å². The highest BCUT2D eigenvalue weighted by atomic mass is 32.1. The minimum atomic E-state index is -0.482. The topological polar surface area (TPSA) is 64.6 Å². The molecule has 5 nitrogen and oxygen atoms in total. The molecule has 1 heterocycles. The molecule has 6 heteroatoms. The van der Waals surface area contributed by atoms with Crippen molar-refractivity contribution >= 4 is 23.2 Å². The monoisotopic (exact) mass is 395 g/mol. The Labute approximate surface area is 167 Å². The summed E-state index contributed by atoms with van der Waals surface area (Å²) in [5.74, 6) is -0.201. The number of amides is 1. The minimum absolute atomic E-state index is 0.152. The third-order valence-corrected chi connectivity index (χ3v) is 5.27. The maximum atomic E-state index is 12.7. The maximum absolute atomic E-state index is 12.7. The number of rotatable bonds is 6. The summed E-state index contributed by atoms with van der Waals surface area (Å²) in [4.78, 5) is 25.3. The van der Waals surface area contributed by atoms with E-state index in [0.29, 0.717) is 16.2 Å². The van der Waals surface area contributed by atoms with Crippen LogP contribution in [0, 0.1) is 6.92 Å². The molecule has 2 aromatic carbocycles. The maximum Gasteiger partial charge on any atom is 0.341 e. The van der Waals surface area contributed by atoms with Gasteiger partial charge in [-0.15, -0.1) is 11.3 Å². The van der Waals surface area contributed by atoms with Crippen molar-refractivity contribution in [3.05, 3.63) is 75.5 Å². The number of carbonyl (C=O) groups excluding carboxylic acids is 2. The molecule has 3 aromatic rings. The predicted molar refractivity (Wildman–Crippen MR) is 110 cm³/mol. The van der Waals surface area contributed by atoms with Crippen LogP contribution in [0.5, 0.6) is 5.75 Å². The molecule has 0 saturated heterocycles. The molecule has 0 spiro atoms. The lowest BCUT2D eigenvalue weighted by Gasteiger charge is -2.10. The Hall–Kier alpha value is -3.12. The number of methoxy groups -OCH3 is 2. The summed E-state index contributed by atoms with van der Waals surface area (Å²) in [7, 11) is 2.81. The minimum Gasteiger partial charge on any atom is -0.496 e. The highest BCUT2D eigenvalue weighted by Crippen LogP contribution is 2.28. The number of esters is 1. The zero-order valence-electron chi connectivity index (χ0n) is 15.9. The Morgan fingerprint density at radius 3 is 2.46 bits per heavy atom. The van der Waals surface area contributed by atoms with E-state index in [1.807, 2.05) is 42.6 Å². The van der Waals surface area contributed by atoms with Crippen LogP contribution in [0.4, 0.5) is 0 Å². The van der Waals surface area contributed by atoms with Crippen molar-refractivity contribution in [2.24, 2.45) is 0 Å². The van der Waals surface area contributed by atoms with E-state index in [1.165, 1.54) is 31.1 Å². The number of thiophene rings is 1. The number of hydrogen-bond donors (Lipinski definition) is 1. The van der Waals surface area contributed by atoms with E-state index in [9.17, 15) is 9.59 Å². The second-order valence-electron chi connectivity index (χ2n) is 6.24. The van der Waals surface area contributed by atoms with Gasteiger partial charge in [-0.05, 0) is 41.6 Å². The molecule has 1 N–H and O–H groups in total. The van der Waals surface area contributed by atoms with E-state index < -0.39 is 5.97 Å². The Balaban J connectivity index is 1.76. The van der Waals surface area contributed by atoms with Crippen LogP contribution < -0.4 is 10.1 Å². The Morgan fingerprint density at radius 1 is 1.04 bits per heavy atom. The van der Waals surface area contributed by atoms with Gasteiger partial charge in [0.15, 0.2) is 0 Å². The molecule has 0 radical (unpaired) electrons. The van der Waals surface area contributed by atoms with Gasteiger partial charge in [0.05, 0.1) is 19.1 Å². The number of carbonyl (C=O) groups is 2. The Morgan fingerprint density at radius 2 is 1.79 bits per heavy atom. The summed E-state index contributed by atoms with van der Waals surface area (Å²) in [6.45, 7) is 2.32. The first-order chi connectivity index (χ1) is 13.5. The highest BCUT2D eigenvalue weighted by Gasteiger charge is 2.16. The van der Waals surface area contributed by atoms with Crippen LogP contribution in [-0.2, 0) is 11.3 Å². The van der Waals surface area contributed by atoms with Crippen LogP contribution in [0.25, 0.3) is 11.1 Å². The van der Waals surface area contributed by atoms with Crippen molar-refractivity contribution in [3.63, 3.8) is 0 Å². The van der Waals surface area contributed by atoms with Crippen molar-refractivity contribution in [3.8, 4) is 16.9 Å². The average molecular weight is 395 g/mol. The summed E-state index contributed by atoms with van der Waals surface area (Å²) in [6, 6.07) is 15.2. The smallest absolute Gasteiger partial charge is 0.341 e. The highest BCUT2D eigenvalue weighted by molar-refractivity contribution is 7.12. The fourth-order valence-corrected chi connectivity index (χ4v) is 3.68. The lowest BCUT2D eigenvalue weighted by molar-refractivity contribution is 0.0597. The van der Waals surface area contributed by atoms with Crippen molar-refractivity contribution in [2.45, 2.75) is 13.5 Å². The van der Waals surface area contributed by atoms with Crippen LogP contribution in [0.3, 0.4) is 0 Å². The van der Waals surface area contributed by atoms with Gasteiger partial charge >= 0.3 is 5.97 Å². The molecule has 0 fully saturated rings. The first kappa shape index (κ1) is 19.6. The summed E-state index contributed by atoms with van der Waals surface area (Å²) < 4.78 is 9.98. The number of hydrogen-bond acceptors (Lipinski definition) is 5. The quantitative estimate of drug-likeness (QED) is 0.627. The fraction of sp³-hybridized carbons (Fsp3) is 0.182. The number of nitrogens with one attached hydrogen (secondary N) is 1. The third-order valence-electron chi connectivity index (χ3n) is 4.36. The van der Waals surface area contributed by atoms with E-state index in [4.69, 9.17) is 9.47 Å². The van der Waals surface area contributed by atoms with Crippen molar-refractivity contribution < 1.29 is 19.1 Å². The molecule has 0 aliphatic rings.